The number of hydrogen-bond donors (Lipinski definition) is 2. The zero-order valence-corrected chi connectivity index (χ0v) is 11.5. The van der Waals surface area contributed by atoms with Crippen LogP contribution in [0, 0.1) is 5.92 Å². The zero-order chi connectivity index (χ0) is 13.8. The van der Waals surface area contributed by atoms with Crippen LogP contribution in [0.5, 0.6) is 0 Å². The molecule has 2 N–H and O–H groups in total. The van der Waals surface area contributed by atoms with E-state index in [2.05, 4.69) is 14.4 Å². The summed E-state index contributed by atoms with van der Waals surface area (Å²) in [6.07, 6.45) is 3.24. The molecule has 1 rings (SSSR count). The summed E-state index contributed by atoms with van der Waals surface area (Å²) in [5.41, 5.74) is 0. The minimum Gasteiger partial charge on any atom is -0.468 e. The van der Waals surface area contributed by atoms with Crippen molar-refractivity contribution in [2.75, 3.05) is 7.11 Å². The predicted molar refractivity (Wildman–Crippen MR) is 66.4 cm³/mol. The standard InChI is InChI=1S/C11H18N2O4S/c1-8(2)6-10(11(14)17-3)13-18(15,16)9-4-5-12-7-9/h4-5,7-8,10,12-13H,6H2,1-3H3. The lowest BCUT2D eigenvalue weighted by molar-refractivity contribution is -0.143. The van der Waals surface area contributed by atoms with Crippen molar-refractivity contribution >= 4 is 16.0 Å². The van der Waals surface area contributed by atoms with Gasteiger partial charge in [-0.3, -0.25) is 4.79 Å². The van der Waals surface area contributed by atoms with Gasteiger partial charge in [0.05, 0.1) is 12.0 Å². The van der Waals surface area contributed by atoms with Crippen LogP contribution in [0.25, 0.3) is 0 Å². The topological polar surface area (TPSA) is 88.3 Å². The molecular formula is C11H18N2O4S. The van der Waals surface area contributed by atoms with Crippen LogP contribution in [0.15, 0.2) is 23.4 Å². The minimum absolute atomic E-state index is 0.0974. The molecule has 0 aromatic carbocycles. The number of rotatable bonds is 6. The Balaban J connectivity index is 2.86. The Labute approximate surface area is 107 Å². The van der Waals surface area contributed by atoms with Crippen LogP contribution in [0.2, 0.25) is 0 Å². The lowest BCUT2D eigenvalue weighted by atomic mass is 10.1. The molecule has 102 valence electrons. The number of carbonyl (C=O) groups excluding carboxylic acids is 1. The van der Waals surface area contributed by atoms with Gasteiger partial charge in [-0.1, -0.05) is 13.8 Å². The van der Waals surface area contributed by atoms with Crippen molar-refractivity contribution in [1.82, 2.24) is 9.71 Å². The number of hydrogen-bond acceptors (Lipinski definition) is 4. The number of nitrogens with one attached hydrogen (secondary N) is 2. The number of sulfonamides is 1. The molecule has 0 radical (unpaired) electrons. The van der Waals surface area contributed by atoms with Crippen LogP contribution in [-0.4, -0.2) is 32.5 Å². The third-order valence-corrected chi connectivity index (χ3v) is 3.84. The molecule has 0 saturated carbocycles. The number of aromatic amines is 1. The second-order valence-electron chi connectivity index (χ2n) is 4.37. The molecule has 0 fully saturated rings. The summed E-state index contributed by atoms with van der Waals surface area (Å²) in [4.78, 5) is 14.3. The summed E-state index contributed by atoms with van der Waals surface area (Å²) in [6, 6.07) is 0.557. The SMILES string of the molecule is COC(=O)C(CC(C)C)NS(=O)(=O)c1cc[nH]c1. The molecular weight excluding hydrogens is 256 g/mol. The molecule has 7 heteroatoms. The number of methoxy groups -OCH3 is 1. The first-order chi connectivity index (χ1) is 8.36. The first-order valence-corrected chi connectivity index (χ1v) is 7.08. The van der Waals surface area contributed by atoms with Crippen LogP contribution >= 0.6 is 0 Å². The average Bonchev–Trinajstić information content (AvgIpc) is 2.80. The fourth-order valence-corrected chi connectivity index (χ4v) is 2.71. The fourth-order valence-electron chi connectivity index (χ4n) is 1.54. The molecule has 0 aliphatic rings. The van der Waals surface area contributed by atoms with Crippen molar-refractivity contribution in [1.29, 1.82) is 0 Å². The highest BCUT2D eigenvalue weighted by Gasteiger charge is 2.27. The van der Waals surface area contributed by atoms with Crippen LogP contribution in [-0.2, 0) is 19.6 Å². The van der Waals surface area contributed by atoms with Crippen LogP contribution in [0.4, 0.5) is 0 Å². The van der Waals surface area contributed by atoms with Gasteiger partial charge in [-0.15, -0.1) is 0 Å². The second kappa shape index (κ2) is 6.01. The summed E-state index contributed by atoms with van der Waals surface area (Å²) in [7, 11) is -2.46. The van der Waals surface area contributed by atoms with Gasteiger partial charge in [-0.25, -0.2) is 8.42 Å². The first-order valence-electron chi connectivity index (χ1n) is 5.59. The predicted octanol–water partition coefficient (Wildman–Crippen LogP) is 0.881. The van der Waals surface area contributed by atoms with E-state index in [1.54, 1.807) is 0 Å². The van der Waals surface area contributed by atoms with Gasteiger partial charge < -0.3 is 9.72 Å². The quantitative estimate of drug-likeness (QED) is 0.754. The van der Waals surface area contributed by atoms with Crippen LogP contribution in [0.1, 0.15) is 20.3 Å². The van der Waals surface area contributed by atoms with Crippen molar-refractivity contribution in [2.45, 2.75) is 31.2 Å². The average molecular weight is 274 g/mol. The van der Waals surface area contributed by atoms with Crippen molar-refractivity contribution in [2.24, 2.45) is 5.92 Å². The minimum atomic E-state index is -3.70. The van der Waals surface area contributed by atoms with E-state index >= 15 is 0 Å². The Morgan fingerprint density at radius 1 is 1.50 bits per heavy atom. The van der Waals surface area contributed by atoms with Crippen molar-refractivity contribution < 1.29 is 17.9 Å². The molecule has 1 aromatic rings. The van der Waals surface area contributed by atoms with Crippen molar-refractivity contribution in [3.63, 3.8) is 0 Å². The molecule has 6 nitrogen and oxygen atoms in total. The van der Waals surface area contributed by atoms with E-state index in [1.165, 1.54) is 25.6 Å². The summed E-state index contributed by atoms with van der Waals surface area (Å²) in [5, 5.41) is 0. The van der Waals surface area contributed by atoms with Gasteiger partial charge >= 0.3 is 5.97 Å². The normalized spacial score (nSPS) is 13.6. The van der Waals surface area contributed by atoms with E-state index in [0.29, 0.717) is 6.42 Å². The van der Waals surface area contributed by atoms with Crippen LogP contribution in [0.3, 0.4) is 0 Å². The highest BCUT2D eigenvalue weighted by Crippen LogP contribution is 2.12. The Kier molecular flexibility index (Phi) is 4.92. The number of H-pyrrole nitrogens is 1. The summed E-state index contributed by atoms with van der Waals surface area (Å²) in [6.45, 7) is 3.81. The van der Waals surface area contributed by atoms with Gasteiger partial charge in [-0.05, 0) is 18.4 Å². The number of carbonyl (C=O) groups is 1. The molecule has 0 saturated heterocycles. The molecule has 18 heavy (non-hydrogen) atoms. The van der Waals surface area contributed by atoms with Gasteiger partial charge in [0.25, 0.3) is 0 Å². The molecule has 0 amide bonds. The highest BCUT2D eigenvalue weighted by molar-refractivity contribution is 7.89. The maximum atomic E-state index is 12.0. The molecule has 1 aromatic heterocycles. The van der Waals surface area contributed by atoms with Gasteiger partial charge in [0.2, 0.25) is 10.0 Å². The fraction of sp³-hybridized carbons (Fsp3) is 0.545. The Morgan fingerprint density at radius 2 is 2.17 bits per heavy atom. The maximum absolute atomic E-state index is 12.0. The summed E-state index contributed by atoms with van der Waals surface area (Å²) in [5.74, 6) is -0.411. The van der Waals surface area contributed by atoms with Crippen molar-refractivity contribution in [3.05, 3.63) is 18.5 Å². The van der Waals surface area contributed by atoms with Gasteiger partial charge in [0.1, 0.15) is 6.04 Å². The summed E-state index contributed by atoms with van der Waals surface area (Å²) < 4.78 is 30.9. The summed E-state index contributed by atoms with van der Waals surface area (Å²) >= 11 is 0. The number of ether oxygens (including phenoxy) is 1. The molecule has 1 heterocycles. The second-order valence-corrected chi connectivity index (χ2v) is 6.09. The first kappa shape index (κ1) is 14.7. The highest BCUT2D eigenvalue weighted by atomic mass is 32.2. The third kappa shape index (κ3) is 3.85. The van der Waals surface area contributed by atoms with Gasteiger partial charge in [-0.2, -0.15) is 4.72 Å². The Hall–Kier alpha value is -1.34. The van der Waals surface area contributed by atoms with Gasteiger partial charge in [0.15, 0.2) is 0 Å². The zero-order valence-electron chi connectivity index (χ0n) is 10.6. The third-order valence-electron chi connectivity index (χ3n) is 2.37. The molecule has 0 spiro atoms. The molecule has 1 unspecified atom stereocenters. The Morgan fingerprint density at radius 3 is 2.61 bits per heavy atom. The van der Waals surface area contributed by atoms with E-state index in [4.69, 9.17) is 0 Å². The lowest BCUT2D eigenvalue weighted by Gasteiger charge is -2.17. The number of esters is 1. The van der Waals surface area contributed by atoms with Gasteiger partial charge in [0, 0.05) is 12.4 Å². The van der Waals surface area contributed by atoms with Crippen molar-refractivity contribution in [3.8, 4) is 0 Å². The smallest absolute Gasteiger partial charge is 0.323 e. The maximum Gasteiger partial charge on any atom is 0.323 e. The number of aromatic nitrogens is 1. The van der Waals surface area contributed by atoms with E-state index in [0.717, 1.165) is 0 Å². The molecule has 0 bridgehead atoms. The van der Waals surface area contributed by atoms with Crippen LogP contribution < -0.4 is 4.72 Å². The monoisotopic (exact) mass is 274 g/mol. The molecule has 1 atom stereocenters. The molecule has 0 aliphatic carbocycles. The Bertz CT molecular complexity index is 479. The largest absolute Gasteiger partial charge is 0.468 e. The van der Waals surface area contributed by atoms with E-state index < -0.39 is 22.0 Å². The molecule has 0 aliphatic heterocycles. The van der Waals surface area contributed by atoms with E-state index in [1.807, 2.05) is 13.8 Å². The van der Waals surface area contributed by atoms with E-state index in [9.17, 15) is 13.2 Å². The van der Waals surface area contributed by atoms with E-state index in [-0.39, 0.29) is 10.8 Å². The lowest BCUT2D eigenvalue weighted by Crippen LogP contribution is -2.42.